The van der Waals surface area contributed by atoms with E-state index in [9.17, 15) is 10.4 Å². The van der Waals surface area contributed by atoms with Crippen molar-refractivity contribution in [3.8, 4) is 6.07 Å². The van der Waals surface area contributed by atoms with Crippen molar-refractivity contribution in [2.24, 2.45) is 5.41 Å². The Kier molecular flexibility index (Phi) is 3.09. The second-order valence-corrected chi connectivity index (χ2v) is 6.17. The first-order valence-corrected chi connectivity index (χ1v) is 7.15. The standard InChI is InChI=1S/C14H22N2O2/c15-10-13(4-2-8-18-11-13)14(17)5-7-16-6-1-3-12(16)9-14/h12,17H,1-9,11H2. The van der Waals surface area contributed by atoms with Crippen molar-refractivity contribution in [1.29, 1.82) is 5.26 Å². The minimum atomic E-state index is -0.840. The molecule has 3 heterocycles. The van der Waals surface area contributed by atoms with Crippen LogP contribution in [-0.2, 0) is 4.74 Å². The molecule has 3 rings (SSSR count). The molecule has 0 bridgehead atoms. The predicted molar refractivity (Wildman–Crippen MR) is 66.9 cm³/mol. The van der Waals surface area contributed by atoms with Crippen molar-refractivity contribution in [3.63, 3.8) is 0 Å². The summed E-state index contributed by atoms with van der Waals surface area (Å²) in [5.41, 5.74) is -1.51. The fourth-order valence-electron chi connectivity index (χ4n) is 4.03. The number of aliphatic hydroxyl groups is 1. The fourth-order valence-corrected chi connectivity index (χ4v) is 4.03. The molecule has 3 aliphatic rings. The van der Waals surface area contributed by atoms with Crippen molar-refractivity contribution in [3.05, 3.63) is 0 Å². The second kappa shape index (κ2) is 4.48. The number of rotatable bonds is 1. The number of hydrogen-bond donors (Lipinski definition) is 1. The number of piperidine rings is 1. The van der Waals surface area contributed by atoms with Gasteiger partial charge in [-0.15, -0.1) is 0 Å². The molecule has 3 fully saturated rings. The van der Waals surface area contributed by atoms with Gasteiger partial charge in [0.05, 0.1) is 18.3 Å². The highest BCUT2D eigenvalue weighted by Crippen LogP contribution is 2.47. The van der Waals surface area contributed by atoms with Crippen LogP contribution in [0.3, 0.4) is 0 Å². The zero-order valence-corrected chi connectivity index (χ0v) is 10.9. The number of nitriles is 1. The first-order chi connectivity index (χ1) is 8.69. The van der Waals surface area contributed by atoms with Crippen LogP contribution in [-0.4, -0.2) is 48.0 Å². The first kappa shape index (κ1) is 12.4. The van der Waals surface area contributed by atoms with Crippen LogP contribution < -0.4 is 0 Å². The van der Waals surface area contributed by atoms with Crippen LogP contribution in [0.4, 0.5) is 0 Å². The van der Waals surface area contributed by atoms with Gasteiger partial charge in [-0.3, -0.25) is 0 Å². The minimum absolute atomic E-state index is 0.409. The Morgan fingerprint density at radius 3 is 2.89 bits per heavy atom. The Bertz CT molecular complexity index is 359. The second-order valence-electron chi connectivity index (χ2n) is 6.17. The lowest BCUT2D eigenvalue weighted by Crippen LogP contribution is -2.59. The summed E-state index contributed by atoms with van der Waals surface area (Å²) in [6, 6.07) is 2.90. The van der Waals surface area contributed by atoms with Crippen molar-refractivity contribution in [2.45, 2.75) is 50.2 Å². The Morgan fingerprint density at radius 2 is 2.17 bits per heavy atom. The smallest absolute Gasteiger partial charge is 0.109 e. The predicted octanol–water partition coefficient (Wildman–Crippen LogP) is 1.30. The highest BCUT2D eigenvalue weighted by Gasteiger charge is 2.55. The molecule has 0 aromatic heterocycles. The van der Waals surface area contributed by atoms with Crippen LogP contribution in [0.5, 0.6) is 0 Å². The highest BCUT2D eigenvalue weighted by molar-refractivity contribution is 5.15. The van der Waals surface area contributed by atoms with Crippen LogP contribution in [0.2, 0.25) is 0 Å². The zero-order chi connectivity index (χ0) is 12.6. The first-order valence-electron chi connectivity index (χ1n) is 7.15. The van der Waals surface area contributed by atoms with Gasteiger partial charge in [-0.05, 0) is 45.1 Å². The molecule has 0 radical (unpaired) electrons. The van der Waals surface area contributed by atoms with E-state index in [1.54, 1.807) is 0 Å². The Balaban J connectivity index is 1.82. The maximum atomic E-state index is 11.1. The van der Waals surface area contributed by atoms with Gasteiger partial charge in [0.25, 0.3) is 0 Å². The van der Waals surface area contributed by atoms with Crippen molar-refractivity contribution >= 4 is 0 Å². The quantitative estimate of drug-likeness (QED) is 0.762. The van der Waals surface area contributed by atoms with Gasteiger partial charge < -0.3 is 14.7 Å². The van der Waals surface area contributed by atoms with E-state index in [0.29, 0.717) is 12.6 Å². The summed E-state index contributed by atoms with van der Waals surface area (Å²) in [5, 5.41) is 20.7. The molecule has 0 amide bonds. The SMILES string of the molecule is N#CC1(C2(O)CCN3CCCC3C2)CCCOC1. The summed E-state index contributed by atoms with van der Waals surface area (Å²) in [5.74, 6) is 0. The molecular weight excluding hydrogens is 228 g/mol. The van der Waals surface area contributed by atoms with Crippen LogP contribution >= 0.6 is 0 Å². The van der Waals surface area contributed by atoms with Gasteiger partial charge in [0.2, 0.25) is 0 Å². The number of hydrogen-bond acceptors (Lipinski definition) is 4. The highest BCUT2D eigenvalue weighted by atomic mass is 16.5. The van der Waals surface area contributed by atoms with E-state index >= 15 is 0 Å². The maximum Gasteiger partial charge on any atom is 0.109 e. The Morgan fingerprint density at radius 1 is 1.28 bits per heavy atom. The van der Waals surface area contributed by atoms with Gasteiger partial charge in [-0.2, -0.15) is 5.26 Å². The van der Waals surface area contributed by atoms with E-state index in [0.717, 1.165) is 45.4 Å². The largest absolute Gasteiger partial charge is 0.388 e. The molecule has 0 aromatic rings. The molecule has 4 nitrogen and oxygen atoms in total. The van der Waals surface area contributed by atoms with Crippen molar-refractivity contribution < 1.29 is 9.84 Å². The monoisotopic (exact) mass is 250 g/mol. The lowest BCUT2D eigenvalue weighted by molar-refractivity contribution is -0.150. The van der Waals surface area contributed by atoms with Crippen LogP contribution in [0.25, 0.3) is 0 Å². The third-order valence-electron chi connectivity index (χ3n) is 5.23. The third kappa shape index (κ3) is 1.77. The number of fused-ring (bicyclic) bond motifs is 1. The van der Waals surface area contributed by atoms with Crippen molar-refractivity contribution in [1.82, 2.24) is 4.90 Å². The van der Waals surface area contributed by atoms with Gasteiger partial charge >= 0.3 is 0 Å². The Hall–Kier alpha value is -0.630. The van der Waals surface area contributed by atoms with Crippen LogP contribution in [0.1, 0.15) is 38.5 Å². The van der Waals surface area contributed by atoms with E-state index in [2.05, 4.69) is 11.0 Å². The molecular formula is C14H22N2O2. The molecule has 1 N–H and O–H groups in total. The lowest BCUT2D eigenvalue weighted by Gasteiger charge is -2.50. The van der Waals surface area contributed by atoms with E-state index in [1.165, 1.54) is 12.8 Å². The van der Waals surface area contributed by atoms with E-state index in [4.69, 9.17) is 4.74 Å². The summed E-state index contributed by atoms with van der Waals surface area (Å²) in [6.45, 7) is 3.24. The van der Waals surface area contributed by atoms with Gasteiger partial charge in [0.15, 0.2) is 0 Å². The minimum Gasteiger partial charge on any atom is -0.388 e. The number of nitrogens with zero attached hydrogens (tertiary/aromatic N) is 2. The normalized spacial score (nSPS) is 45.4. The van der Waals surface area contributed by atoms with E-state index < -0.39 is 11.0 Å². The van der Waals surface area contributed by atoms with Gasteiger partial charge in [-0.25, -0.2) is 0 Å². The lowest BCUT2D eigenvalue weighted by atomic mass is 9.64. The molecule has 0 aromatic carbocycles. The molecule has 3 atom stereocenters. The van der Waals surface area contributed by atoms with E-state index in [1.807, 2.05) is 0 Å². The molecule has 100 valence electrons. The fraction of sp³-hybridized carbons (Fsp3) is 0.929. The summed E-state index contributed by atoms with van der Waals surface area (Å²) in [4.78, 5) is 2.48. The third-order valence-corrected chi connectivity index (χ3v) is 5.23. The summed E-state index contributed by atoms with van der Waals surface area (Å²) >= 11 is 0. The summed E-state index contributed by atoms with van der Waals surface area (Å²) in [6.07, 6.45) is 5.56. The average molecular weight is 250 g/mol. The van der Waals surface area contributed by atoms with Gasteiger partial charge in [0, 0.05) is 19.2 Å². The van der Waals surface area contributed by atoms with Crippen LogP contribution in [0.15, 0.2) is 0 Å². The average Bonchev–Trinajstić information content (AvgIpc) is 2.86. The van der Waals surface area contributed by atoms with E-state index in [-0.39, 0.29) is 0 Å². The summed E-state index contributed by atoms with van der Waals surface area (Å²) < 4.78 is 5.51. The van der Waals surface area contributed by atoms with Crippen LogP contribution in [0, 0.1) is 16.7 Å². The molecule has 0 saturated carbocycles. The van der Waals surface area contributed by atoms with Crippen molar-refractivity contribution in [2.75, 3.05) is 26.3 Å². The molecule has 0 aliphatic carbocycles. The zero-order valence-electron chi connectivity index (χ0n) is 10.9. The topological polar surface area (TPSA) is 56.5 Å². The summed E-state index contributed by atoms with van der Waals surface area (Å²) in [7, 11) is 0. The number of ether oxygens (including phenoxy) is 1. The van der Waals surface area contributed by atoms with Gasteiger partial charge in [0.1, 0.15) is 5.41 Å². The molecule has 3 aliphatic heterocycles. The molecule has 0 spiro atoms. The molecule has 3 unspecified atom stereocenters. The maximum absolute atomic E-state index is 11.1. The van der Waals surface area contributed by atoms with Gasteiger partial charge in [-0.1, -0.05) is 0 Å². The Labute approximate surface area is 109 Å². The molecule has 4 heteroatoms. The molecule has 18 heavy (non-hydrogen) atoms. The molecule has 3 saturated heterocycles.